The Labute approximate surface area is 159 Å². The van der Waals surface area contributed by atoms with Crippen LogP contribution in [-0.4, -0.2) is 72.5 Å². The highest BCUT2D eigenvalue weighted by Gasteiger charge is 2.32. The van der Waals surface area contributed by atoms with E-state index in [-0.39, 0.29) is 11.6 Å². The predicted molar refractivity (Wildman–Crippen MR) is 106 cm³/mol. The quantitative estimate of drug-likeness (QED) is 0.811. The molecule has 0 aromatic heterocycles. The molecule has 3 rings (SSSR count). The van der Waals surface area contributed by atoms with Crippen LogP contribution in [0, 0.1) is 5.92 Å². The fourth-order valence-electron chi connectivity index (χ4n) is 4.51. The van der Waals surface area contributed by atoms with E-state index in [0.29, 0.717) is 5.92 Å². The third-order valence-electron chi connectivity index (χ3n) is 6.23. The van der Waals surface area contributed by atoms with Gasteiger partial charge in [0, 0.05) is 25.2 Å². The van der Waals surface area contributed by atoms with Crippen molar-refractivity contribution in [3.05, 3.63) is 35.9 Å². The van der Waals surface area contributed by atoms with Crippen molar-refractivity contribution in [1.29, 1.82) is 0 Å². The molecule has 1 atom stereocenters. The Morgan fingerprint density at radius 1 is 1.08 bits per heavy atom. The Kier molecular flexibility index (Phi) is 7.10. The van der Waals surface area contributed by atoms with Crippen LogP contribution in [0.25, 0.3) is 0 Å². The molecule has 146 valence electrons. The third kappa shape index (κ3) is 5.53. The molecule has 2 fully saturated rings. The van der Waals surface area contributed by atoms with E-state index < -0.39 is 0 Å². The van der Waals surface area contributed by atoms with Gasteiger partial charge in [0.15, 0.2) is 0 Å². The summed E-state index contributed by atoms with van der Waals surface area (Å²) in [7, 11) is 0. The number of aliphatic hydroxyl groups is 1. The third-order valence-corrected chi connectivity index (χ3v) is 6.23. The van der Waals surface area contributed by atoms with Crippen LogP contribution in [0.1, 0.15) is 38.7 Å². The number of hydrogen-bond donors (Lipinski definition) is 1. The van der Waals surface area contributed by atoms with Crippen LogP contribution in [0.15, 0.2) is 30.3 Å². The maximum Gasteiger partial charge on any atom is 0.0594 e. The lowest BCUT2D eigenvalue weighted by Gasteiger charge is -2.45. The van der Waals surface area contributed by atoms with Crippen LogP contribution in [0.3, 0.4) is 0 Å². The van der Waals surface area contributed by atoms with E-state index in [1.807, 2.05) is 6.07 Å². The molecule has 0 bridgehead atoms. The Morgan fingerprint density at radius 3 is 2.38 bits per heavy atom. The van der Waals surface area contributed by atoms with Crippen molar-refractivity contribution >= 4 is 0 Å². The Balaban J connectivity index is 1.40. The van der Waals surface area contributed by atoms with Gasteiger partial charge in [0.25, 0.3) is 0 Å². The van der Waals surface area contributed by atoms with Crippen LogP contribution in [-0.2, 0) is 11.2 Å². The number of hydrogen-bond acceptors (Lipinski definition) is 4. The number of rotatable bonds is 7. The van der Waals surface area contributed by atoms with Crippen LogP contribution in [0.2, 0.25) is 0 Å². The molecule has 0 saturated carbocycles. The van der Waals surface area contributed by atoms with Crippen molar-refractivity contribution in [2.45, 2.75) is 51.2 Å². The van der Waals surface area contributed by atoms with Gasteiger partial charge in [0.1, 0.15) is 0 Å². The summed E-state index contributed by atoms with van der Waals surface area (Å²) in [6.45, 7) is 11.9. The van der Waals surface area contributed by atoms with E-state index in [2.05, 4.69) is 47.9 Å². The fourth-order valence-corrected chi connectivity index (χ4v) is 4.51. The molecule has 0 unspecified atom stereocenters. The summed E-state index contributed by atoms with van der Waals surface area (Å²) in [5, 5.41) is 10.6. The first-order valence-electron chi connectivity index (χ1n) is 10.3. The molecule has 26 heavy (non-hydrogen) atoms. The molecule has 2 saturated heterocycles. The summed E-state index contributed by atoms with van der Waals surface area (Å²) in [5.41, 5.74) is 1.53. The van der Waals surface area contributed by atoms with Crippen molar-refractivity contribution in [1.82, 2.24) is 9.80 Å². The van der Waals surface area contributed by atoms with E-state index in [1.54, 1.807) is 0 Å². The lowest BCUT2D eigenvalue weighted by Crippen LogP contribution is -2.56. The highest BCUT2D eigenvalue weighted by atomic mass is 16.5. The second-order valence-corrected chi connectivity index (χ2v) is 8.62. The van der Waals surface area contributed by atoms with Crippen LogP contribution < -0.4 is 0 Å². The van der Waals surface area contributed by atoms with E-state index in [4.69, 9.17) is 4.74 Å². The van der Waals surface area contributed by atoms with Crippen LogP contribution in [0.5, 0.6) is 0 Å². The summed E-state index contributed by atoms with van der Waals surface area (Å²) in [4.78, 5) is 5.16. The lowest BCUT2D eigenvalue weighted by molar-refractivity contribution is -0.0284. The average Bonchev–Trinajstić information content (AvgIpc) is 2.68. The van der Waals surface area contributed by atoms with Gasteiger partial charge >= 0.3 is 0 Å². The second kappa shape index (κ2) is 9.32. The second-order valence-electron chi connectivity index (χ2n) is 8.62. The average molecular weight is 361 g/mol. The number of piperidine rings is 1. The Hall–Kier alpha value is -0.940. The van der Waals surface area contributed by atoms with E-state index in [1.165, 1.54) is 5.56 Å². The van der Waals surface area contributed by atoms with Gasteiger partial charge in [0.2, 0.25) is 0 Å². The SMILES string of the molecule is CC(C)(CN1CCC([C@H](O)CCc2ccccc2)CC1)N1CCOCC1. The molecule has 0 amide bonds. The number of nitrogens with zero attached hydrogens (tertiary/aromatic N) is 2. The molecule has 0 aliphatic carbocycles. The first kappa shape index (κ1) is 19.8. The van der Waals surface area contributed by atoms with E-state index >= 15 is 0 Å². The number of morpholine rings is 1. The minimum absolute atomic E-state index is 0.162. The minimum Gasteiger partial charge on any atom is -0.393 e. The Bertz CT molecular complexity index is 520. The first-order valence-corrected chi connectivity index (χ1v) is 10.3. The summed E-state index contributed by atoms with van der Waals surface area (Å²) in [6.07, 6.45) is 3.94. The highest BCUT2D eigenvalue weighted by Crippen LogP contribution is 2.26. The van der Waals surface area contributed by atoms with Crippen molar-refractivity contribution in [3.63, 3.8) is 0 Å². The van der Waals surface area contributed by atoms with E-state index in [9.17, 15) is 5.11 Å². The summed E-state index contributed by atoms with van der Waals surface area (Å²) in [6, 6.07) is 10.5. The molecular weight excluding hydrogens is 324 g/mol. The van der Waals surface area contributed by atoms with Crippen LogP contribution in [0.4, 0.5) is 0 Å². The van der Waals surface area contributed by atoms with Crippen LogP contribution >= 0.6 is 0 Å². The van der Waals surface area contributed by atoms with Gasteiger partial charge in [-0.15, -0.1) is 0 Å². The molecule has 1 aromatic carbocycles. The lowest BCUT2D eigenvalue weighted by atomic mass is 9.87. The highest BCUT2D eigenvalue weighted by molar-refractivity contribution is 5.14. The van der Waals surface area contributed by atoms with Crippen molar-refractivity contribution in [3.8, 4) is 0 Å². The summed E-state index contributed by atoms with van der Waals surface area (Å²) < 4.78 is 5.50. The zero-order valence-electron chi connectivity index (χ0n) is 16.6. The smallest absolute Gasteiger partial charge is 0.0594 e. The van der Waals surface area contributed by atoms with Crippen molar-refractivity contribution in [2.75, 3.05) is 45.9 Å². The number of likely N-dealkylation sites (tertiary alicyclic amines) is 1. The molecule has 0 radical (unpaired) electrons. The van der Waals surface area contributed by atoms with Crippen molar-refractivity contribution in [2.24, 2.45) is 5.92 Å². The fraction of sp³-hybridized carbons (Fsp3) is 0.727. The zero-order valence-corrected chi connectivity index (χ0v) is 16.6. The van der Waals surface area contributed by atoms with Gasteiger partial charge in [0.05, 0.1) is 19.3 Å². The molecule has 4 heteroatoms. The Morgan fingerprint density at radius 2 is 1.73 bits per heavy atom. The van der Waals surface area contributed by atoms with Gasteiger partial charge in [-0.2, -0.15) is 0 Å². The molecule has 2 heterocycles. The molecule has 1 N–H and O–H groups in total. The van der Waals surface area contributed by atoms with Gasteiger partial charge < -0.3 is 14.7 Å². The predicted octanol–water partition coefficient (Wildman–Crippen LogP) is 2.80. The number of ether oxygens (including phenoxy) is 1. The maximum atomic E-state index is 10.6. The molecular formula is C22H36N2O2. The zero-order chi connectivity index (χ0) is 18.4. The topological polar surface area (TPSA) is 35.9 Å². The molecule has 2 aliphatic heterocycles. The summed E-state index contributed by atoms with van der Waals surface area (Å²) >= 11 is 0. The van der Waals surface area contributed by atoms with Gasteiger partial charge in [-0.3, -0.25) is 4.90 Å². The number of aliphatic hydroxyl groups excluding tert-OH is 1. The first-order chi connectivity index (χ1) is 12.5. The monoisotopic (exact) mass is 360 g/mol. The molecule has 0 spiro atoms. The number of aryl methyl sites for hydroxylation is 1. The van der Waals surface area contributed by atoms with Gasteiger partial charge in [-0.25, -0.2) is 0 Å². The number of benzene rings is 1. The van der Waals surface area contributed by atoms with E-state index in [0.717, 1.165) is 71.6 Å². The van der Waals surface area contributed by atoms with Gasteiger partial charge in [-0.1, -0.05) is 30.3 Å². The van der Waals surface area contributed by atoms with Gasteiger partial charge in [-0.05, 0) is 64.1 Å². The summed E-state index contributed by atoms with van der Waals surface area (Å²) in [5.74, 6) is 0.460. The normalized spacial score (nSPS) is 22.4. The maximum absolute atomic E-state index is 10.6. The molecule has 4 nitrogen and oxygen atoms in total. The molecule has 2 aliphatic rings. The minimum atomic E-state index is -0.162. The van der Waals surface area contributed by atoms with Crippen molar-refractivity contribution < 1.29 is 9.84 Å². The molecule has 1 aromatic rings. The standard InChI is InChI=1S/C22H36N2O2/c1-22(2,24-14-16-26-17-15-24)18-23-12-10-20(11-13-23)21(25)9-8-19-6-4-3-5-7-19/h3-7,20-21,25H,8-18H2,1-2H3/t21-/m1/s1. The largest absolute Gasteiger partial charge is 0.393 e.